The summed E-state index contributed by atoms with van der Waals surface area (Å²) < 4.78 is 6.07. The fourth-order valence-corrected chi connectivity index (χ4v) is 4.19. The van der Waals surface area contributed by atoms with Gasteiger partial charge in [-0.15, -0.1) is 0 Å². The van der Waals surface area contributed by atoms with E-state index >= 15 is 0 Å². The van der Waals surface area contributed by atoms with Gasteiger partial charge in [0.15, 0.2) is 0 Å². The standard InChI is InChI=1S/C28H24N2O3/c1-19-6-4-9-23(16-19)30-18-21(17-27(30)31)28(32)29-22-12-14-24(15-13-22)33-26-11-5-8-20-7-2-3-10-25(20)26/h2-16,21H,17-18H2,1H3,(H,29,32)/t21-/m1/s1. The van der Waals surface area contributed by atoms with Crippen molar-refractivity contribution in [1.29, 1.82) is 0 Å². The molecule has 164 valence electrons. The first kappa shape index (κ1) is 20.8. The Kier molecular flexibility index (Phi) is 5.53. The second kappa shape index (κ2) is 8.79. The van der Waals surface area contributed by atoms with Gasteiger partial charge in [-0.25, -0.2) is 0 Å². The minimum Gasteiger partial charge on any atom is -0.457 e. The van der Waals surface area contributed by atoms with E-state index in [1.807, 2.05) is 85.8 Å². The number of carbonyl (C=O) groups excluding carboxylic acids is 2. The zero-order chi connectivity index (χ0) is 22.8. The Balaban J connectivity index is 1.24. The molecular weight excluding hydrogens is 412 g/mol. The fraction of sp³-hybridized carbons (Fsp3) is 0.143. The van der Waals surface area contributed by atoms with Crippen LogP contribution in [0.15, 0.2) is 91.0 Å². The van der Waals surface area contributed by atoms with Gasteiger partial charge in [0.2, 0.25) is 11.8 Å². The smallest absolute Gasteiger partial charge is 0.229 e. The van der Waals surface area contributed by atoms with Gasteiger partial charge in [-0.1, -0.05) is 48.5 Å². The molecule has 1 fully saturated rings. The molecule has 0 bridgehead atoms. The topological polar surface area (TPSA) is 58.6 Å². The number of benzene rings is 4. The number of carbonyl (C=O) groups is 2. The molecule has 5 rings (SSSR count). The molecule has 0 aromatic heterocycles. The summed E-state index contributed by atoms with van der Waals surface area (Å²) in [5, 5.41) is 5.09. The molecule has 0 spiro atoms. The molecule has 0 aliphatic carbocycles. The number of ether oxygens (including phenoxy) is 1. The molecule has 4 aromatic rings. The molecule has 4 aromatic carbocycles. The summed E-state index contributed by atoms with van der Waals surface area (Å²) in [5.41, 5.74) is 2.59. The largest absolute Gasteiger partial charge is 0.457 e. The molecule has 1 atom stereocenters. The van der Waals surface area contributed by atoms with Gasteiger partial charge in [-0.05, 0) is 60.3 Å². The van der Waals surface area contributed by atoms with Crippen molar-refractivity contribution in [3.05, 3.63) is 96.6 Å². The molecule has 2 amide bonds. The highest BCUT2D eigenvalue weighted by molar-refractivity contribution is 6.03. The predicted octanol–water partition coefficient (Wildman–Crippen LogP) is 5.93. The van der Waals surface area contributed by atoms with E-state index in [4.69, 9.17) is 4.74 Å². The lowest BCUT2D eigenvalue weighted by Gasteiger charge is -2.17. The number of aryl methyl sites for hydroxylation is 1. The summed E-state index contributed by atoms with van der Waals surface area (Å²) in [4.78, 5) is 27.0. The van der Waals surface area contributed by atoms with Gasteiger partial charge >= 0.3 is 0 Å². The summed E-state index contributed by atoms with van der Waals surface area (Å²) >= 11 is 0. The summed E-state index contributed by atoms with van der Waals surface area (Å²) in [6.45, 7) is 2.37. The molecule has 1 heterocycles. The number of hydrogen-bond donors (Lipinski definition) is 1. The molecule has 5 heteroatoms. The van der Waals surface area contributed by atoms with E-state index in [9.17, 15) is 9.59 Å². The molecule has 0 saturated carbocycles. The lowest BCUT2D eigenvalue weighted by Crippen LogP contribution is -2.28. The van der Waals surface area contributed by atoms with Gasteiger partial charge in [0.25, 0.3) is 0 Å². The summed E-state index contributed by atoms with van der Waals surface area (Å²) in [6.07, 6.45) is 0.210. The van der Waals surface area contributed by atoms with Crippen LogP contribution in [0.5, 0.6) is 11.5 Å². The lowest BCUT2D eigenvalue weighted by atomic mass is 10.1. The van der Waals surface area contributed by atoms with Crippen molar-refractivity contribution >= 4 is 34.0 Å². The average molecular weight is 437 g/mol. The second-order valence-electron chi connectivity index (χ2n) is 8.34. The number of amides is 2. The highest BCUT2D eigenvalue weighted by atomic mass is 16.5. The first-order chi connectivity index (χ1) is 16.1. The Hall–Kier alpha value is -4.12. The Morgan fingerprint density at radius 1 is 0.939 bits per heavy atom. The normalized spacial score (nSPS) is 15.6. The highest BCUT2D eigenvalue weighted by Gasteiger charge is 2.35. The van der Waals surface area contributed by atoms with E-state index in [2.05, 4.69) is 17.4 Å². The van der Waals surface area contributed by atoms with Crippen molar-refractivity contribution in [3.63, 3.8) is 0 Å². The van der Waals surface area contributed by atoms with Gasteiger partial charge in [0, 0.05) is 29.7 Å². The molecule has 1 aliphatic heterocycles. The lowest BCUT2D eigenvalue weighted by molar-refractivity contribution is -0.122. The van der Waals surface area contributed by atoms with Crippen LogP contribution in [0.4, 0.5) is 11.4 Å². The van der Waals surface area contributed by atoms with Crippen molar-refractivity contribution in [2.75, 3.05) is 16.8 Å². The van der Waals surface area contributed by atoms with Crippen LogP contribution in [0.25, 0.3) is 10.8 Å². The predicted molar refractivity (Wildman–Crippen MR) is 131 cm³/mol. The molecule has 1 N–H and O–H groups in total. The minimum atomic E-state index is -0.385. The van der Waals surface area contributed by atoms with Gasteiger partial charge in [0.1, 0.15) is 11.5 Å². The zero-order valence-corrected chi connectivity index (χ0v) is 18.3. The third kappa shape index (κ3) is 4.44. The Morgan fingerprint density at radius 2 is 1.70 bits per heavy atom. The van der Waals surface area contributed by atoms with Crippen molar-refractivity contribution in [2.45, 2.75) is 13.3 Å². The molecule has 0 unspecified atom stereocenters. The van der Waals surface area contributed by atoms with Gasteiger partial charge in [-0.3, -0.25) is 9.59 Å². The maximum absolute atomic E-state index is 12.8. The molecule has 1 saturated heterocycles. The first-order valence-electron chi connectivity index (χ1n) is 11.0. The van der Waals surface area contributed by atoms with Crippen LogP contribution in [-0.4, -0.2) is 18.4 Å². The van der Waals surface area contributed by atoms with Crippen molar-refractivity contribution in [3.8, 4) is 11.5 Å². The number of nitrogens with one attached hydrogen (secondary N) is 1. The number of fused-ring (bicyclic) bond motifs is 1. The van der Waals surface area contributed by atoms with Crippen LogP contribution in [0.1, 0.15) is 12.0 Å². The first-order valence-corrected chi connectivity index (χ1v) is 11.0. The summed E-state index contributed by atoms with van der Waals surface area (Å²) in [7, 11) is 0. The Bertz CT molecular complexity index is 1330. The van der Waals surface area contributed by atoms with Crippen LogP contribution in [-0.2, 0) is 9.59 Å². The van der Waals surface area contributed by atoms with E-state index < -0.39 is 0 Å². The maximum atomic E-state index is 12.8. The molecular formula is C28H24N2O3. The number of hydrogen-bond acceptors (Lipinski definition) is 3. The van der Waals surface area contributed by atoms with Crippen LogP contribution in [0.2, 0.25) is 0 Å². The number of nitrogens with zero attached hydrogens (tertiary/aromatic N) is 1. The van der Waals surface area contributed by atoms with Crippen molar-refractivity contribution in [1.82, 2.24) is 0 Å². The van der Waals surface area contributed by atoms with Gasteiger partial charge < -0.3 is 15.0 Å². The third-order valence-electron chi connectivity index (χ3n) is 5.91. The van der Waals surface area contributed by atoms with E-state index in [0.29, 0.717) is 18.0 Å². The maximum Gasteiger partial charge on any atom is 0.229 e. The Morgan fingerprint density at radius 3 is 2.52 bits per heavy atom. The van der Waals surface area contributed by atoms with Gasteiger partial charge in [-0.2, -0.15) is 0 Å². The fourth-order valence-electron chi connectivity index (χ4n) is 4.19. The quantitative estimate of drug-likeness (QED) is 0.422. The molecule has 33 heavy (non-hydrogen) atoms. The van der Waals surface area contributed by atoms with E-state index in [-0.39, 0.29) is 24.2 Å². The van der Waals surface area contributed by atoms with E-state index in [1.54, 1.807) is 4.90 Å². The summed E-state index contributed by atoms with van der Waals surface area (Å²) in [6, 6.07) is 29.1. The molecule has 1 aliphatic rings. The minimum absolute atomic E-state index is 0.0282. The second-order valence-corrected chi connectivity index (χ2v) is 8.34. The third-order valence-corrected chi connectivity index (χ3v) is 5.91. The summed E-state index contributed by atoms with van der Waals surface area (Å²) in [5.74, 6) is 0.905. The van der Waals surface area contributed by atoms with Crippen LogP contribution in [0.3, 0.4) is 0 Å². The molecule has 5 nitrogen and oxygen atoms in total. The Labute approximate surface area is 192 Å². The van der Waals surface area contributed by atoms with E-state index in [0.717, 1.165) is 27.8 Å². The zero-order valence-electron chi connectivity index (χ0n) is 18.3. The van der Waals surface area contributed by atoms with E-state index in [1.165, 1.54) is 0 Å². The van der Waals surface area contributed by atoms with Crippen LogP contribution >= 0.6 is 0 Å². The van der Waals surface area contributed by atoms with Gasteiger partial charge in [0.05, 0.1) is 5.92 Å². The highest BCUT2D eigenvalue weighted by Crippen LogP contribution is 2.31. The number of anilines is 2. The monoisotopic (exact) mass is 436 g/mol. The van der Waals surface area contributed by atoms with Crippen molar-refractivity contribution < 1.29 is 14.3 Å². The van der Waals surface area contributed by atoms with Crippen LogP contribution < -0.4 is 15.0 Å². The molecule has 0 radical (unpaired) electrons. The van der Waals surface area contributed by atoms with Crippen molar-refractivity contribution in [2.24, 2.45) is 5.92 Å². The number of rotatable bonds is 5. The van der Waals surface area contributed by atoms with Crippen LogP contribution in [0, 0.1) is 12.8 Å². The average Bonchev–Trinajstić information content (AvgIpc) is 3.22. The SMILES string of the molecule is Cc1cccc(N2C[C@H](C(=O)Nc3ccc(Oc4cccc5ccccc45)cc3)CC2=O)c1.